The van der Waals surface area contributed by atoms with Crippen LogP contribution in [-0.2, 0) is 9.47 Å². The molecule has 5 aliphatic rings. The molecule has 0 aromatic heterocycles. The van der Waals surface area contributed by atoms with E-state index in [4.69, 9.17) is 9.47 Å². The van der Waals surface area contributed by atoms with Gasteiger partial charge in [-0.25, -0.2) is 0 Å². The number of halogens is 1. The van der Waals surface area contributed by atoms with Gasteiger partial charge in [-0.2, -0.15) is 0 Å². The summed E-state index contributed by atoms with van der Waals surface area (Å²) in [5, 5.41) is 11.3. The van der Waals surface area contributed by atoms with Gasteiger partial charge in [0.1, 0.15) is 5.60 Å². The molecule has 0 amide bonds. The third-order valence-electron chi connectivity index (χ3n) is 8.70. The van der Waals surface area contributed by atoms with Gasteiger partial charge in [-0.3, -0.25) is 0 Å². The van der Waals surface area contributed by atoms with Gasteiger partial charge in [-0.15, -0.1) is 0 Å². The van der Waals surface area contributed by atoms with E-state index in [1.54, 1.807) is 0 Å². The monoisotopic (exact) mass is 420 g/mol. The van der Waals surface area contributed by atoms with E-state index in [2.05, 4.69) is 45.8 Å². The van der Waals surface area contributed by atoms with Gasteiger partial charge < -0.3 is 14.6 Å². The SMILES string of the molecule is C[C@]12CC[C@@H]3[C@H]4C=CC5(C[C@@H]4CC[C@H]3[C@@H]1CC[C@@]2(O)C#CBr)OCCO5. The molecule has 4 aliphatic carbocycles. The Morgan fingerprint density at radius 2 is 1.88 bits per heavy atom. The third kappa shape index (κ3) is 2.37. The van der Waals surface area contributed by atoms with Gasteiger partial charge in [0.2, 0.25) is 0 Å². The van der Waals surface area contributed by atoms with E-state index in [1.807, 2.05) is 0 Å². The molecule has 3 nitrogen and oxygen atoms in total. The van der Waals surface area contributed by atoms with Gasteiger partial charge in [-0.05, 0) is 79.0 Å². The molecule has 142 valence electrons. The van der Waals surface area contributed by atoms with Crippen LogP contribution in [0.1, 0.15) is 51.9 Å². The molecule has 0 aromatic rings. The number of hydrogen-bond donors (Lipinski definition) is 1. The van der Waals surface area contributed by atoms with E-state index in [1.165, 1.54) is 19.3 Å². The summed E-state index contributed by atoms with van der Waals surface area (Å²) in [5.74, 6) is 6.13. The molecule has 1 N–H and O–H groups in total. The van der Waals surface area contributed by atoms with Gasteiger partial charge >= 0.3 is 0 Å². The minimum absolute atomic E-state index is 0.0565. The average Bonchev–Trinajstić information content (AvgIpc) is 3.18. The topological polar surface area (TPSA) is 38.7 Å². The maximum absolute atomic E-state index is 11.3. The van der Waals surface area contributed by atoms with E-state index < -0.39 is 11.4 Å². The molecule has 0 bridgehead atoms. The van der Waals surface area contributed by atoms with Crippen molar-refractivity contribution in [3.8, 4) is 10.8 Å². The minimum atomic E-state index is -0.818. The van der Waals surface area contributed by atoms with Crippen molar-refractivity contribution in [2.45, 2.75) is 63.3 Å². The Hall–Kier alpha value is -0.340. The number of fused-ring (bicyclic) bond motifs is 5. The molecule has 0 aromatic carbocycles. The molecule has 26 heavy (non-hydrogen) atoms. The summed E-state index contributed by atoms with van der Waals surface area (Å²) in [5.41, 5.74) is -0.875. The van der Waals surface area contributed by atoms with Crippen LogP contribution >= 0.6 is 15.9 Å². The summed E-state index contributed by atoms with van der Waals surface area (Å²) >= 11 is 3.23. The van der Waals surface area contributed by atoms with Crippen molar-refractivity contribution in [2.75, 3.05) is 13.2 Å². The minimum Gasteiger partial charge on any atom is -0.377 e. The van der Waals surface area contributed by atoms with E-state index >= 15 is 0 Å². The molecule has 1 spiro atoms. The second-order valence-corrected chi connectivity index (χ2v) is 9.89. The first kappa shape index (κ1) is 17.7. The Labute approximate surface area is 165 Å². The van der Waals surface area contributed by atoms with Crippen molar-refractivity contribution in [1.29, 1.82) is 0 Å². The first-order chi connectivity index (χ1) is 12.5. The lowest BCUT2D eigenvalue weighted by Crippen LogP contribution is -2.53. The second-order valence-electron chi connectivity index (χ2n) is 9.50. The Bertz CT molecular complexity index is 673. The predicted molar refractivity (Wildman–Crippen MR) is 103 cm³/mol. The zero-order valence-electron chi connectivity index (χ0n) is 15.5. The highest BCUT2D eigenvalue weighted by Crippen LogP contribution is 2.65. The maximum atomic E-state index is 11.3. The highest BCUT2D eigenvalue weighted by atomic mass is 79.9. The van der Waals surface area contributed by atoms with E-state index in [0.717, 1.165) is 50.7 Å². The van der Waals surface area contributed by atoms with E-state index in [0.29, 0.717) is 17.8 Å². The van der Waals surface area contributed by atoms with E-state index in [9.17, 15) is 5.11 Å². The molecular weight excluding hydrogens is 392 g/mol. The number of allylic oxidation sites excluding steroid dienone is 1. The normalized spacial score (nSPS) is 51.3. The Balaban J connectivity index is 1.41. The number of ether oxygens (including phenoxy) is 2. The molecule has 4 heteroatoms. The van der Waals surface area contributed by atoms with Crippen molar-refractivity contribution in [3.05, 3.63) is 12.2 Å². The van der Waals surface area contributed by atoms with Gasteiger partial charge in [0.25, 0.3) is 0 Å². The Kier molecular flexibility index (Phi) is 4.15. The van der Waals surface area contributed by atoms with Crippen LogP contribution in [0, 0.1) is 45.8 Å². The lowest BCUT2D eigenvalue weighted by atomic mass is 9.50. The standard InChI is InChI=1S/C22H29BrO3/c1-20-7-4-17-16-5-9-22(25-12-13-26-22)14-15(16)2-3-18(17)19(20)6-8-21(20,24)10-11-23/h5,9,15-19,24H,2-4,6-8,12-14H2,1H3/t15-,16-,17+,18+,19-,20-,21+/m0/s1. The van der Waals surface area contributed by atoms with Crippen LogP contribution in [0.5, 0.6) is 0 Å². The smallest absolute Gasteiger partial charge is 0.188 e. The fourth-order valence-corrected chi connectivity index (χ4v) is 7.70. The summed E-state index contributed by atoms with van der Waals surface area (Å²) in [4.78, 5) is 2.83. The molecular formula is C22H29BrO3. The maximum Gasteiger partial charge on any atom is 0.188 e. The van der Waals surface area contributed by atoms with Crippen LogP contribution in [0.3, 0.4) is 0 Å². The summed E-state index contributed by atoms with van der Waals surface area (Å²) in [7, 11) is 0. The molecule has 1 aliphatic heterocycles. The third-order valence-corrected chi connectivity index (χ3v) is 8.90. The molecule has 5 rings (SSSR count). The van der Waals surface area contributed by atoms with Crippen LogP contribution in [-0.4, -0.2) is 29.7 Å². The lowest BCUT2D eigenvalue weighted by molar-refractivity contribution is -0.153. The fraction of sp³-hybridized carbons (Fsp3) is 0.818. The van der Waals surface area contributed by atoms with Crippen LogP contribution < -0.4 is 0 Å². The molecule has 1 heterocycles. The van der Waals surface area contributed by atoms with E-state index in [-0.39, 0.29) is 5.41 Å². The average molecular weight is 421 g/mol. The summed E-state index contributed by atoms with van der Waals surface area (Å²) in [6.45, 7) is 3.75. The summed E-state index contributed by atoms with van der Waals surface area (Å²) in [6, 6.07) is 0. The van der Waals surface area contributed by atoms with Crippen molar-refractivity contribution in [2.24, 2.45) is 35.0 Å². The molecule has 7 atom stereocenters. The van der Waals surface area contributed by atoms with Crippen molar-refractivity contribution >= 4 is 15.9 Å². The van der Waals surface area contributed by atoms with Crippen molar-refractivity contribution in [3.63, 3.8) is 0 Å². The quantitative estimate of drug-likeness (QED) is 0.470. The molecule has 0 radical (unpaired) electrons. The van der Waals surface area contributed by atoms with Crippen LogP contribution in [0.15, 0.2) is 12.2 Å². The van der Waals surface area contributed by atoms with Gasteiger partial charge in [0.05, 0.1) is 13.2 Å². The highest BCUT2D eigenvalue weighted by molar-refractivity contribution is 9.12. The Morgan fingerprint density at radius 3 is 2.65 bits per heavy atom. The fourth-order valence-electron chi connectivity index (χ4n) is 7.37. The summed E-state index contributed by atoms with van der Waals surface area (Å²) in [6.07, 6.45) is 12.5. The zero-order chi connectivity index (χ0) is 18.0. The molecule has 3 saturated carbocycles. The lowest BCUT2D eigenvalue weighted by Gasteiger charge is -2.56. The number of hydrogen-bond acceptors (Lipinski definition) is 3. The first-order valence-electron chi connectivity index (χ1n) is 10.3. The number of aliphatic hydroxyl groups is 1. The van der Waals surface area contributed by atoms with Crippen molar-refractivity contribution < 1.29 is 14.6 Å². The van der Waals surface area contributed by atoms with Gasteiger partial charge in [0, 0.05) is 27.8 Å². The zero-order valence-corrected chi connectivity index (χ0v) is 17.1. The van der Waals surface area contributed by atoms with Crippen LogP contribution in [0.25, 0.3) is 0 Å². The predicted octanol–water partition coefficient (Wildman–Crippen LogP) is 4.25. The van der Waals surface area contributed by atoms with Gasteiger partial charge in [-0.1, -0.05) is 18.9 Å². The second kappa shape index (κ2) is 6.08. The number of rotatable bonds is 0. The molecule has 0 unspecified atom stereocenters. The molecule has 1 saturated heterocycles. The van der Waals surface area contributed by atoms with Crippen LogP contribution in [0.2, 0.25) is 0 Å². The Morgan fingerprint density at radius 1 is 1.08 bits per heavy atom. The summed E-state index contributed by atoms with van der Waals surface area (Å²) < 4.78 is 11.9. The van der Waals surface area contributed by atoms with Crippen LogP contribution in [0.4, 0.5) is 0 Å². The van der Waals surface area contributed by atoms with Gasteiger partial charge in [0.15, 0.2) is 5.79 Å². The molecule has 4 fully saturated rings. The largest absolute Gasteiger partial charge is 0.377 e. The van der Waals surface area contributed by atoms with Crippen molar-refractivity contribution in [1.82, 2.24) is 0 Å². The highest BCUT2D eigenvalue weighted by Gasteiger charge is 2.62. The first-order valence-corrected chi connectivity index (χ1v) is 11.1.